The van der Waals surface area contributed by atoms with Crippen LogP contribution in [0.5, 0.6) is 5.75 Å². The maximum absolute atomic E-state index is 13.2. The van der Waals surface area contributed by atoms with E-state index in [9.17, 15) is 18.0 Å². The summed E-state index contributed by atoms with van der Waals surface area (Å²) in [4.78, 5) is 24.3. The van der Waals surface area contributed by atoms with Crippen LogP contribution in [0, 0.1) is 12.8 Å². The molecule has 2 aliphatic heterocycles. The second-order valence-corrected chi connectivity index (χ2v) is 9.77. The van der Waals surface area contributed by atoms with Crippen LogP contribution in [0.2, 0.25) is 0 Å². The van der Waals surface area contributed by atoms with Crippen LogP contribution in [0.4, 0.5) is 5.69 Å². The van der Waals surface area contributed by atoms with Crippen LogP contribution >= 0.6 is 0 Å². The highest BCUT2D eigenvalue weighted by Gasteiger charge is 2.34. The predicted octanol–water partition coefficient (Wildman–Crippen LogP) is 2.03. The van der Waals surface area contributed by atoms with Crippen molar-refractivity contribution in [1.29, 1.82) is 0 Å². The van der Waals surface area contributed by atoms with Gasteiger partial charge in [-0.05, 0) is 51.7 Å². The van der Waals surface area contributed by atoms with Gasteiger partial charge >= 0.3 is 0 Å². The van der Waals surface area contributed by atoms with Crippen molar-refractivity contribution in [2.45, 2.75) is 64.0 Å². The van der Waals surface area contributed by atoms with E-state index < -0.39 is 16.1 Å². The molecule has 0 bridgehead atoms. The summed E-state index contributed by atoms with van der Waals surface area (Å²) in [5, 5.41) is 5.71. The Bertz CT molecular complexity index is 907. The maximum atomic E-state index is 13.2. The lowest BCUT2D eigenvalue weighted by atomic mass is 9.97. The van der Waals surface area contributed by atoms with E-state index in [4.69, 9.17) is 4.74 Å². The molecule has 1 saturated heterocycles. The first-order valence-electron chi connectivity index (χ1n) is 10.1. The smallest absolute Gasteiger partial charge is 0.265 e. The van der Waals surface area contributed by atoms with E-state index in [0.29, 0.717) is 42.9 Å². The number of carbonyl (C=O) groups is 2. The number of piperidine rings is 1. The molecule has 0 aromatic heterocycles. The number of sulfonamides is 1. The Balaban J connectivity index is 1.75. The van der Waals surface area contributed by atoms with Crippen LogP contribution in [0.25, 0.3) is 0 Å². The largest absolute Gasteiger partial charge is 0.479 e. The van der Waals surface area contributed by atoms with Crippen molar-refractivity contribution in [1.82, 2.24) is 9.62 Å². The fourth-order valence-electron chi connectivity index (χ4n) is 3.58. The summed E-state index contributed by atoms with van der Waals surface area (Å²) in [5.41, 5.74) is 1.02. The van der Waals surface area contributed by atoms with Gasteiger partial charge in [0, 0.05) is 31.1 Å². The van der Waals surface area contributed by atoms with E-state index in [-0.39, 0.29) is 28.7 Å². The van der Waals surface area contributed by atoms with Crippen molar-refractivity contribution in [3.8, 4) is 5.75 Å². The highest BCUT2D eigenvalue weighted by atomic mass is 32.2. The maximum Gasteiger partial charge on any atom is 0.265 e. The number of nitrogens with one attached hydrogen (secondary N) is 2. The molecule has 29 heavy (non-hydrogen) atoms. The number of ether oxygens (including phenoxy) is 1. The molecular formula is C20H29N3O5S. The van der Waals surface area contributed by atoms with Crippen LogP contribution in [0.1, 0.15) is 45.6 Å². The van der Waals surface area contributed by atoms with Gasteiger partial charge in [-0.1, -0.05) is 6.92 Å². The molecule has 2 atom stereocenters. The van der Waals surface area contributed by atoms with Crippen LogP contribution in [0.15, 0.2) is 17.0 Å². The van der Waals surface area contributed by atoms with Gasteiger partial charge in [0.05, 0.1) is 10.6 Å². The summed E-state index contributed by atoms with van der Waals surface area (Å²) >= 11 is 0. The Hall–Kier alpha value is -2.13. The highest BCUT2D eigenvalue weighted by molar-refractivity contribution is 7.89. The number of carbonyl (C=O) groups excluding carboxylic acids is 2. The Morgan fingerprint density at radius 1 is 1.34 bits per heavy atom. The molecule has 8 nitrogen and oxygen atoms in total. The van der Waals surface area contributed by atoms with Crippen LogP contribution in [0.3, 0.4) is 0 Å². The molecule has 3 rings (SSSR count). The SMILES string of the molecule is CC[C@@H](C)NC(=O)C1CCN(S(=O)(=O)c2cc3c(cc2C)NC(=O)[C@H](C)O3)CC1. The molecule has 0 unspecified atom stereocenters. The van der Waals surface area contributed by atoms with Gasteiger partial charge in [0.25, 0.3) is 5.91 Å². The quantitative estimate of drug-likeness (QED) is 0.754. The molecule has 1 fully saturated rings. The number of aryl methyl sites for hydroxylation is 1. The zero-order chi connectivity index (χ0) is 21.3. The third kappa shape index (κ3) is 4.40. The van der Waals surface area contributed by atoms with Gasteiger partial charge in [0.15, 0.2) is 6.10 Å². The molecule has 2 aliphatic rings. The molecule has 1 aromatic carbocycles. The minimum absolute atomic E-state index is 0.000474. The van der Waals surface area contributed by atoms with Crippen molar-refractivity contribution in [3.05, 3.63) is 17.7 Å². The van der Waals surface area contributed by atoms with E-state index in [1.54, 1.807) is 19.9 Å². The van der Waals surface area contributed by atoms with Gasteiger partial charge in [-0.25, -0.2) is 8.42 Å². The monoisotopic (exact) mass is 423 g/mol. The van der Waals surface area contributed by atoms with Gasteiger partial charge in [0.2, 0.25) is 15.9 Å². The van der Waals surface area contributed by atoms with Crippen molar-refractivity contribution >= 4 is 27.5 Å². The van der Waals surface area contributed by atoms with Gasteiger partial charge in [-0.3, -0.25) is 9.59 Å². The number of hydrogen-bond acceptors (Lipinski definition) is 5. The first-order valence-corrected chi connectivity index (χ1v) is 11.5. The Morgan fingerprint density at radius 3 is 2.62 bits per heavy atom. The summed E-state index contributed by atoms with van der Waals surface area (Å²) in [6.07, 6.45) is 1.17. The lowest BCUT2D eigenvalue weighted by Gasteiger charge is -2.32. The first kappa shape index (κ1) is 21.6. The topological polar surface area (TPSA) is 105 Å². The summed E-state index contributed by atoms with van der Waals surface area (Å²) in [5.74, 6) is -0.0756. The summed E-state index contributed by atoms with van der Waals surface area (Å²) < 4.78 is 33.4. The molecule has 9 heteroatoms. The number of anilines is 1. The van der Waals surface area contributed by atoms with Crippen molar-refractivity contribution < 1.29 is 22.7 Å². The van der Waals surface area contributed by atoms with Crippen molar-refractivity contribution in [2.24, 2.45) is 5.92 Å². The molecule has 2 amide bonds. The van der Waals surface area contributed by atoms with E-state index >= 15 is 0 Å². The molecule has 2 N–H and O–H groups in total. The normalized spacial score (nSPS) is 21.7. The summed E-state index contributed by atoms with van der Waals surface area (Å²) in [7, 11) is -3.73. The molecule has 0 saturated carbocycles. The summed E-state index contributed by atoms with van der Waals surface area (Å²) in [6, 6.07) is 3.22. The number of nitrogens with zero attached hydrogens (tertiary/aromatic N) is 1. The molecule has 0 radical (unpaired) electrons. The van der Waals surface area contributed by atoms with Gasteiger partial charge in [-0.2, -0.15) is 4.31 Å². The highest BCUT2D eigenvalue weighted by Crippen LogP contribution is 2.36. The second kappa shape index (κ2) is 8.31. The lowest BCUT2D eigenvalue weighted by molar-refractivity contribution is -0.126. The Morgan fingerprint density at radius 2 is 2.00 bits per heavy atom. The zero-order valence-electron chi connectivity index (χ0n) is 17.3. The molecule has 0 spiro atoms. The van der Waals surface area contributed by atoms with Crippen molar-refractivity contribution in [2.75, 3.05) is 18.4 Å². The van der Waals surface area contributed by atoms with E-state index in [0.717, 1.165) is 6.42 Å². The third-order valence-electron chi connectivity index (χ3n) is 5.65. The molecule has 0 aliphatic carbocycles. The number of benzene rings is 1. The molecule has 1 aromatic rings. The molecular weight excluding hydrogens is 394 g/mol. The Kier molecular flexibility index (Phi) is 6.19. The fraction of sp³-hybridized carbons (Fsp3) is 0.600. The minimum atomic E-state index is -3.73. The van der Waals surface area contributed by atoms with E-state index in [1.807, 2.05) is 13.8 Å². The van der Waals surface area contributed by atoms with Crippen LogP contribution in [-0.4, -0.2) is 49.8 Å². The number of amides is 2. The van der Waals surface area contributed by atoms with Crippen LogP contribution < -0.4 is 15.4 Å². The Labute approximate surface area is 172 Å². The van der Waals surface area contributed by atoms with Gasteiger partial charge < -0.3 is 15.4 Å². The second-order valence-electron chi connectivity index (χ2n) is 7.86. The predicted molar refractivity (Wildman–Crippen MR) is 109 cm³/mol. The van der Waals surface area contributed by atoms with E-state index in [1.165, 1.54) is 10.4 Å². The summed E-state index contributed by atoms with van der Waals surface area (Å²) in [6.45, 7) is 7.88. The number of fused-ring (bicyclic) bond motifs is 1. The van der Waals surface area contributed by atoms with E-state index in [2.05, 4.69) is 10.6 Å². The third-order valence-corrected chi connectivity index (χ3v) is 7.69. The number of hydrogen-bond donors (Lipinski definition) is 2. The zero-order valence-corrected chi connectivity index (χ0v) is 18.1. The standard InChI is InChI=1S/C20H29N3O5S/c1-5-13(3)21-20(25)15-6-8-23(9-7-15)29(26,27)18-11-17-16(10-12(18)2)22-19(24)14(4)28-17/h10-11,13-15H,5-9H2,1-4H3,(H,21,25)(H,22,24)/t13-,14+/m1/s1. The van der Waals surface area contributed by atoms with Gasteiger partial charge in [0.1, 0.15) is 5.75 Å². The molecule has 160 valence electrons. The lowest BCUT2D eigenvalue weighted by Crippen LogP contribution is -2.44. The average molecular weight is 424 g/mol. The first-order chi connectivity index (χ1) is 13.6. The fourth-order valence-corrected chi connectivity index (χ4v) is 5.27. The minimum Gasteiger partial charge on any atom is -0.479 e. The number of rotatable bonds is 5. The molecule has 2 heterocycles. The average Bonchev–Trinajstić information content (AvgIpc) is 2.68. The van der Waals surface area contributed by atoms with Crippen molar-refractivity contribution in [3.63, 3.8) is 0 Å². The van der Waals surface area contributed by atoms with Gasteiger partial charge in [-0.15, -0.1) is 0 Å². The van der Waals surface area contributed by atoms with Crippen LogP contribution in [-0.2, 0) is 19.6 Å².